The predicted octanol–water partition coefficient (Wildman–Crippen LogP) is 2.23. The van der Waals surface area contributed by atoms with Gasteiger partial charge in [-0.3, -0.25) is 4.68 Å². The smallest absolute Gasteiger partial charge is 0.0628 e. The molecule has 1 rings (SSSR count). The van der Waals surface area contributed by atoms with E-state index in [1.807, 2.05) is 0 Å². The zero-order valence-corrected chi connectivity index (χ0v) is 10.4. The molecular formula is C12H23N3. The van der Waals surface area contributed by atoms with Gasteiger partial charge in [0.05, 0.1) is 12.2 Å². The molecule has 0 aliphatic carbocycles. The summed E-state index contributed by atoms with van der Waals surface area (Å²) in [6, 6.07) is 0. The van der Waals surface area contributed by atoms with Gasteiger partial charge in [0.15, 0.2) is 0 Å². The van der Waals surface area contributed by atoms with Crippen LogP contribution in [0, 0.1) is 6.92 Å². The summed E-state index contributed by atoms with van der Waals surface area (Å²) in [6.07, 6.45) is 2.22. The molecule has 0 aliphatic heterocycles. The van der Waals surface area contributed by atoms with Crippen LogP contribution in [0.2, 0.25) is 0 Å². The Morgan fingerprint density at radius 2 is 2.07 bits per heavy atom. The minimum Gasteiger partial charge on any atom is -0.329 e. The van der Waals surface area contributed by atoms with Gasteiger partial charge in [0, 0.05) is 12.2 Å². The normalized spacial score (nSPS) is 13.1. The molecule has 1 heterocycles. The van der Waals surface area contributed by atoms with Crippen LogP contribution in [0.4, 0.5) is 0 Å². The highest BCUT2D eigenvalue weighted by Crippen LogP contribution is 2.25. The van der Waals surface area contributed by atoms with Crippen LogP contribution in [-0.4, -0.2) is 16.3 Å². The number of aromatic nitrogens is 2. The van der Waals surface area contributed by atoms with Crippen molar-refractivity contribution in [1.82, 2.24) is 9.78 Å². The fraction of sp³-hybridized carbons (Fsp3) is 0.750. The minimum atomic E-state index is 0.577. The van der Waals surface area contributed by atoms with Gasteiger partial charge in [0.2, 0.25) is 0 Å². The Bertz CT molecular complexity index is 315. The summed E-state index contributed by atoms with van der Waals surface area (Å²) in [5.41, 5.74) is 9.59. The molecule has 1 unspecified atom stereocenters. The first-order chi connectivity index (χ1) is 7.15. The monoisotopic (exact) mass is 209 g/mol. The molecule has 0 saturated carbocycles. The summed E-state index contributed by atoms with van der Waals surface area (Å²) in [7, 11) is 0. The van der Waals surface area contributed by atoms with Gasteiger partial charge in [-0.2, -0.15) is 5.10 Å². The Labute approximate surface area is 92.7 Å². The van der Waals surface area contributed by atoms with Gasteiger partial charge in [-0.05, 0) is 31.2 Å². The SMILES string of the molecule is CCc1c(C)nn(CCN)c1C(C)CC. The highest BCUT2D eigenvalue weighted by molar-refractivity contribution is 5.28. The first kappa shape index (κ1) is 12.2. The average molecular weight is 209 g/mol. The molecule has 15 heavy (non-hydrogen) atoms. The molecule has 0 radical (unpaired) electrons. The van der Waals surface area contributed by atoms with Crippen LogP contribution >= 0.6 is 0 Å². The van der Waals surface area contributed by atoms with Crippen molar-refractivity contribution in [2.24, 2.45) is 5.73 Å². The van der Waals surface area contributed by atoms with Crippen molar-refractivity contribution in [3.05, 3.63) is 17.0 Å². The molecule has 0 aliphatic rings. The van der Waals surface area contributed by atoms with Gasteiger partial charge < -0.3 is 5.73 Å². The lowest BCUT2D eigenvalue weighted by molar-refractivity contribution is 0.551. The number of hydrogen-bond acceptors (Lipinski definition) is 2. The van der Waals surface area contributed by atoms with Crippen molar-refractivity contribution in [2.45, 2.75) is 53.0 Å². The van der Waals surface area contributed by atoms with Crippen LogP contribution in [0.5, 0.6) is 0 Å². The molecule has 3 heteroatoms. The molecule has 1 aromatic heterocycles. The lowest BCUT2D eigenvalue weighted by Gasteiger charge is -2.13. The second-order valence-electron chi connectivity index (χ2n) is 4.12. The van der Waals surface area contributed by atoms with Crippen LogP contribution in [0.3, 0.4) is 0 Å². The Morgan fingerprint density at radius 3 is 2.53 bits per heavy atom. The maximum Gasteiger partial charge on any atom is 0.0628 e. The Morgan fingerprint density at radius 1 is 1.40 bits per heavy atom. The summed E-state index contributed by atoms with van der Waals surface area (Å²) in [5.74, 6) is 0.577. The van der Waals surface area contributed by atoms with Crippen LogP contribution in [0.1, 0.15) is 50.1 Å². The van der Waals surface area contributed by atoms with Crippen molar-refractivity contribution in [3.8, 4) is 0 Å². The maximum atomic E-state index is 5.61. The molecule has 3 nitrogen and oxygen atoms in total. The van der Waals surface area contributed by atoms with Crippen LogP contribution in [0.15, 0.2) is 0 Å². The van der Waals surface area contributed by atoms with Gasteiger partial charge in [-0.25, -0.2) is 0 Å². The zero-order valence-electron chi connectivity index (χ0n) is 10.4. The highest BCUT2D eigenvalue weighted by Gasteiger charge is 2.17. The third-order valence-electron chi connectivity index (χ3n) is 3.07. The third kappa shape index (κ3) is 2.40. The Kier molecular flexibility index (Phi) is 4.33. The van der Waals surface area contributed by atoms with Gasteiger partial charge in [0.1, 0.15) is 0 Å². The summed E-state index contributed by atoms with van der Waals surface area (Å²) in [4.78, 5) is 0. The molecule has 0 amide bonds. The molecule has 0 saturated heterocycles. The lowest BCUT2D eigenvalue weighted by Crippen LogP contribution is -2.15. The molecule has 0 fully saturated rings. The van der Waals surface area contributed by atoms with Crippen molar-refractivity contribution >= 4 is 0 Å². The Balaban J connectivity index is 3.15. The zero-order chi connectivity index (χ0) is 11.4. The number of aryl methyl sites for hydroxylation is 1. The summed E-state index contributed by atoms with van der Waals surface area (Å²) in [5, 5.41) is 4.58. The predicted molar refractivity (Wildman–Crippen MR) is 64.1 cm³/mol. The van der Waals surface area contributed by atoms with Crippen LogP contribution in [0.25, 0.3) is 0 Å². The van der Waals surface area contributed by atoms with Crippen LogP contribution < -0.4 is 5.73 Å². The van der Waals surface area contributed by atoms with E-state index in [4.69, 9.17) is 5.73 Å². The van der Waals surface area contributed by atoms with E-state index in [9.17, 15) is 0 Å². The van der Waals surface area contributed by atoms with Gasteiger partial charge in [-0.15, -0.1) is 0 Å². The van der Waals surface area contributed by atoms with E-state index in [0.29, 0.717) is 12.5 Å². The first-order valence-corrected chi connectivity index (χ1v) is 5.91. The summed E-state index contributed by atoms with van der Waals surface area (Å²) < 4.78 is 2.10. The number of hydrogen-bond donors (Lipinski definition) is 1. The molecule has 0 aromatic carbocycles. The van der Waals surface area contributed by atoms with E-state index in [1.165, 1.54) is 17.0 Å². The number of nitrogens with two attached hydrogens (primary N) is 1. The first-order valence-electron chi connectivity index (χ1n) is 5.91. The minimum absolute atomic E-state index is 0.577. The quantitative estimate of drug-likeness (QED) is 0.808. The van der Waals surface area contributed by atoms with E-state index < -0.39 is 0 Å². The molecule has 0 spiro atoms. The van der Waals surface area contributed by atoms with Crippen molar-refractivity contribution < 1.29 is 0 Å². The van der Waals surface area contributed by atoms with E-state index in [2.05, 4.69) is 37.5 Å². The summed E-state index contributed by atoms with van der Waals surface area (Å²) in [6.45, 7) is 10.3. The second-order valence-corrected chi connectivity index (χ2v) is 4.12. The van der Waals surface area contributed by atoms with Crippen LogP contribution in [-0.2, 0) is 13.0 Å². The lowest BCUT2D eigenvalue weighted by atomic mass is 9.98. The molecule has 1 aromatic rings. The van der Waals surface area contributed by atoms with E-state index in [1.54, 1.807) is 0 Å². The topological polar surface area (TPSA) is 43.8 Å². The maximum absolute atomic E-state index is 5.61. The molecular weight excluding hydrogens is 186 g/mol. The fourth-order valence-electron chi connectivity index (χ4n) is 2.11. The molecule has 1 atom stereocenters. The van der Waals surface area contributed by atoms with Gasteiger partial charge in [-0.1, -0.05) is 20.8 Å². The fourth-order valence-corrected chi connectivity index (χ4v) is 2.11. The average Bonchev–Trinajstić information content (AvgIpc) is 2.54. The highest BCUT2D eigenvalue weighted by atomic mass is 15.3. The Hall–Kier alpha value is -0.830. The molecule has 2 N–H and O–H groups in total. The molecule has 0 bridgehead atoms. The number of rotatable bonds is 5. The molecule has 86 valence electrons. The summed E-state index contributed by atoms with van der Waals surface area (Å²) >= 11 is 0. The van der Waals surface area contributed by atoms with Crippen molar-refractivity contribution in [3.63, 3.8) is 0 Å². The van der Waals surface area contributed by atoms with Crippen molar-refractivity contribution in [2.75, 3.05) is 6.54 Å². The number of nitrogens with zero attached hydrogens (tertiary/aromatic N) is 2. The van der Waals surface area contributed by atoms with Gasteiger partial charge in [0.25, 0.3) is 0 Å². The largest absolute Gasteiger partial charge is 0.329 e. The van der Waals surface area contributed by atoms with E-state index in [0.717, 1.165) is 19.4 Å². The van der Waals surface area contributed by atoms with Crippen molar-refractivity contribution in [1.29, 1.82) is 0 Å². The third-order valence-corrected chi connectivity index (χ3v) is 3.07. The van der Waals surface area contributed by atoms with Gasteiger partial charge >= 0.3 is 0 Å². The van der Waals surface area contributed by atoms with E-state index in [-0.39, 0.29) is 0 Å². The second kappa shape index (κ2) is 5.31. The van der Waals surface area contributed by atoms with E-state index >= 15 is 0 Å². The standard InChI is InChI=1S/C12H23N3/c1-5-9(3)12-11(6-2)10(4)14-15(12)8-7-13/h9H,5-8,13H2,1-4H3.